The van der Waals surface area contributed by atoms with E-state index in [1.807, 2.05) is 19.2 Å². The van der Waals surface area contributed by atoms with E-state index in [0.717, 1.165) is 11.3 Å². The van der Waals surface area contributed by atoms with E-state index in [-0.39, 0.29) is 23.3 Å². The molecule has 2 heterocycles. The second kappa shape index (κ2) is 6.41. The summed E-state index contributed by atoms with van der Waals surface area (Å²) in [5, 5.41) is 5.95. The van der Waals surface area contributed by atoms with E-state index >= 15 is 0 Å². The molecule has 1 atom stereocenters. The third-order valence-corrected chi connectivity index (χ3v) is 4.85. The number of thiophene rings is 1. The number of carbonyl (C=O) groups excluding carboxylic acids is 1. The Morgan fingerprint density at radius 3 is 3.05 bits per heavy atom. The SMILES string of the molecule is CCC(C)NC(=O)CSc1nc2sccc2c(=O)n1C. The van der Waals surface area contributed by atoms with Gasteiger partial charge < -0.3 is 5.32 Å². The van der Waals surface area contributed by atoms with Gasteiger partial charge in [0.2, 0.25) is 5.91 Å². The van der Waals surface area contributed by atoms with E-state index in [1.165, 1.54) is 27.7 Å². The zero-order chi connectivity index (χ0) is 14.7. The molecule has 20 heavy (non-hydrogen) atoms. The van der Waals surface area contributed by atoms with Crippen molar-refractivity contribution in [1.29, 1.82) is 0 Å². The highest BCUT2D eigenvalue weighted by Crippen LogP contribution is 2.20. The zero-order valence-electron chi connectivity index (χ0n) is 11.7. The summed E-state index contributed by atoms with van der Waals surface area (Å²) in [5.74, 6) is 0.228. The highest BCUT2D eigenvalue weighted by molar-refractivity contribution is 7.99. The van der Waals surface area contributed by atoms with Crippen LogP contribution in [0, 0.1) is 0 Å². The molecule has 2 rings (SSSR count). The number of carbonyl (C=O) groups is 1. The van der Waals surface area contributed by atoms with Gasteiger partial charge >= 0.3 is 0 Å². The Morgan fingerprint density at radius 2 is 2.35 bits per heavy atom. The van der Waals surface area contributed by atoms with Crippen LogP contribution in [0.25, 0.3) is 10.2 Å². The molecule has 1 amide bonds. The lowest BCUT2D eigenvalue weighted by Gasteiger charge is -2.11. The van der Waals surface area contributed by atoms with Crippen LogP contribution in [0.15, 0.2) is 21.4 Å². The van der Waals surface area contributed by atoms with Crippen molar-refractivity contribution < 1.29 is 4.79 Å². The van der Waals surface area contributed by atoms with Crippen LogP contribution < -0.4 is 10.9 Å². The number of rotatable bonds is 5. The summed E-state index contributed by atoms with van der Waals surface area (Å²) in [7, 11) is 1.68. The number of nitrogens with zero attached hydrogens (tertiary/aromatic N) is 2. The third kappa shape index (κ3) is 3.21. The molecule has 0 aromatic carbocycles. The Labute approximate surface area is 125 Å². The van der Waals surface area contributed by atoms with Crippen molar-refractivity contribution in [2.45, 2.75) is 31.5 Å². The van der Waals surface area contributed by atoms with Crippen LogP contribution in [0.2, 0.25) is 0 Å². The molecule has 0 bridgehead atoms. The minimum absolute atomic E-state index is 0.0372. The first-order valence-corrected chi connectivity index (χ1v) is 8.25. The van der Waals surface area contributed by atoms with Crippen LogP contribution in [0.1, 0.15) is 20.3 Å². The minimum atomic E-state index is -0.0684. The highest BCUT2D eigenvalue weighted by Gasteiger charge is 2.12. The predicted octanol–water partition coefficient (Wildman–Crippen LogP) is 2.00. The maximum absolute atomic E-state index is 12.1. The van der Waals surface area contributed by atoms with Crippen molar-refractivity contribution in [3.63, 3.8) is 0 Å². The Morgan fingerprint density at radius 1 is 1.60 bits per heavy atom. The van der Waals surface area contributed by atoms with Gasteiger partial charge in [0.15, 0.2) is 5.16 Å². The number of nitrogens with one attached hydrogen (secondary N) is 1. The molecule has 5 nitrogen and oxygen atoms in total. The number of fused-ring (bicyclic) bond motifs is 1. The number of amides is 1. The molecule has 0 saturated carbocycles. The summed E-state index contributed by atoms with van der Waals surface area (Å²) in [5.41, 5.74) is -0.0684. The van der Waals surface area contributed by atoms with Crippen LogP contribution in [-0.4, -0.2) is 27.3 Å². The molecule has 1 N–H and O–H groups in total. The van der Waals surface area contributed by atoms with Crippen molar-refractivity contribution in [2.24, 2.45) is 7.05 Å². The van der Waals surface area contributed by atoms with Gasteiger partial charge in [0.1, 0.15) is 4.83 Å². The second-order valence-electron chi connectivity index (χ2n) is 4.56. The summed E-state index contributed by atoms with van der Waals surface area (Å²) in [6, 6.07) is 1.94. The summed E-state index contributed by atoms with van der Waals surface area (Å²) in [6.07, 6.45) is 0.897. The van der Waals surface area contributed by atoms with Crippen LogP contribution in [0.5, 0.6) is 0 Å². The smallest absolute Gasteiger partial charge is 0.262 e. The van der Waals surface area contributed by atoms with E-state index < -0.39 is 0 Å². The van der Waals surface area contributed by atoms with Crippen molar-refractivity contribution >= 4 is 39.2 Å². The van der Waals surface area contributed by atoms with Gasteiger partial charge in [-0.15, -0.1) is 11.3 Å². The molecular weight excluding hydrogens is 294 g/mol. The normalized spacial score (nSPS) is 12.6. The lowest BCUT2D eigenvalue weighted by atomic mass is 10.3. The summed E-state index contributed by atoms with van der Waals surface area (Å²) in [6.45, 7) is 3.99. The van der Waals surface area contributed by atoms with Crippen LogP contribution >= 0.6 is 23.1 Å². The van der Waals surface area contributed by atoms with Gasteiger partial charge in [-0.2, -0.15) is 0 Å². The molecule has 2 aromatic heterocycles. The molecular formula is C13H17N3O2S2. The minimum Gasteiger partial charge on any atom is -0.353 e. The molecule has 1 unspecified atom stereocenters. The van der Waals surface area contributed by atoms with E-state index in [1.54, 1.807) is 13.1 Å². The average Bonchev–Trinajstić information content (AvgIpc) is 2.89. The molecule has 0 radical (unpaired) electrons. The molecule has 0 aliphatic heterocycles. The summed E-state index contributed by atoms with van der Waals surface area (Å²) >= 11 is 2.72. The van der Waals surface area contributed by atoms with Crippen molar-refractivity contribution in [2.75, 3.05) is 5.75 Å². The fraction of sp³-hybridized carbons (Fsp3) is 0.462. The first-order chi connectivity index (χ1) is 9.52. The predicted molar refractivity (Wildman–Crippen MR) is 83.5 cm³/mol. The highest BCUT2D eigenvalue weighted by atomic mass is 32.2. The number of aromatic nitrogens is 2. The lowest BCUT2D eigenvalue weighted by molar-refractivity contribution is -0.119. The van der Waals surface area contributed by atoms with Crippen molar-refractivity contribution in [3.8, 4) is 0 Å². The van der Waals surface area contributed by atoms with Crippen molar-refractivity contribution in [3.05, 3.63) is 21.8 Å². The summed E-state index contributed by atoms with van der Waals surface area (Å²) in [4.78, 5) is 29.0. The molecule has 7 heteroatoms. The van der Waals surface area contributed by atoms with Crippen molar-refractivity contribution in [1.82, 2.24) is 14.9 Å². The fourth-order valence-corrected chi connectivity index (χ4v) is 3.25. The fourth-order valence-electron chi connectivity index (χ4n) is 1.66. The largest absolute Gasteiger partial charge is 0.353 e. The van der Waals surface area contributed by atoms with E-state index in [0.29, 0.717) is 10.5 Å². The number of hydrogen-bond acceptors (Lipinski definition) is 5. The second-order valence-corrected chi connectivity index (χ2v) is 6.40. The number of thioether (sulfide) groups is 1. The standard InChI is InChI=1S/C13H17N3O2S2/c1-4-8(2)14-10(17)7-20-13-15-11-9(5-6-19-11)12(18)16(13)3/h5-6,8H,4,7H2,1-3H3,(H,14,17). The van der Waals surface area contributed by atoms with Gasteiger partial charge in [0, 0.05) is 13.1 Å². The molecule has 2 aromatic rings. The third-order valence-electron chi connectivity index (χ3n) is 3.02. The monoisotopic (exact) mass is 311 g/mol. The quantitative estimate of drug-likeness (QED) is 0.677. The number of hydrogen-bond donors (Lipinski definition) is 1. The van der Waals surface area contributed by atoms with Crippen LogP contribution in [0.4, 0.5) is 0 Å². The maximum atomic E-state index is 12.1. The topological polar surface area (TPSA) is 64.0 Å². The van der Waals surface area contributed by atoms with E-state index in [9.17, 15) is 9.59 Å². The van der Waals surface area contributed by atoms with Gasteiger partial charge in [-0.05, 0) is 24.8 Å². The molecule has 0 saturated heterocycles. The first kappa shape index (κ1) is 15.1. The Kier molecular flexibility index (Phi) is 4.82. The molecule has 0 aliphatic rings. The molecule has 0 spiro atoms. The van der Waals surface area contributed by atoms with Crippen LogP contribution in [0.3, 0.4) is 0 Å². The Bertz CT molecular complexity index is 678. The van der Waals surface area contributed by atoms with E-state index in [4.69, 9.17) is 0 Å². The van der Waals surface area contributed by atoms with Crippen LogP contribution in [-0.2, 0) is 11.8 Å². The molecule has 0 fully saturated rings. The first-order valence-electron chi connectivity index (χ1n) is 6.39. The van der Waals surface area contributed by atoms with Gasteiger partial charge in [-0.3, -0.25) is 14.2 Å². The summed E-state index contributed by atoms with van der Waals surface area (Å²) < 4.78 is 1.50. The van der Waals surface area contributed by atoms with Gasteiger partial charge in [-0.25, -0.2) is 4.98 Å². The van der Waals surface area contributed by atoms with E-state index in [2.05, 4.69) is 10.3 Å². The van der Waals surface area contributed by atoms with Gasteiger partial charge in [-0.1, -0.05) is 18.7 Å². The Balaban J connectivity index is 2.12. The maximum Gasteiger partial charge on any atom is 0.262 e. The van der Waals surface area contributed by atoms with Gasteiger partial charge in [0.25, 0.3) is 5.56 Å². The Hall–Kier alpha value is -1.34. The zero-order valence-corrected chi connectivity index (χ0v) is 13.3. The lowest BCUT2D eigenvalue weighted by Crippen LogP contribution is -2.33. The molecule has 108 valence electrons. The molecule has 0 aliphatic carbocycles. The van der Waals surface area contributed by atoms with Gasteiger partial charge in [0.05, 0.1) is 11.1 Å². The average molecular weight is 311 g/mol.